The molecule has 0 atom stereocenters. The van der Waals surface area contributed by atoms with E-state index in [-0.39, 0.29) is 17.8 Å². The van der Waals surface area contributed by atoms with Crippen molar-refractivity contribution in [1.82, 2.24) is 4.90 Å². The van der Waals surface area contributed by atoms with Crippen LogP contribution < -0.4 is 4.74 Å². The summed E-state index contributed by atoms with van der Waals surface area (Å²) in [5, 5.41) is 9.47. The number of aliphatic hydroxyl groups excluding tert-OH is 1. The number of amides is 1. The summed E-state index contributed by atoms with van der Waals surface area (Å²) in [7, 11) is 0. The zero-order chi connectivity index (χ0) is 14.8. The summed E-state index contributed by atoms with van der Waals surface area (Å²) in [5.74, 6) is 0.00187. The molecule has 1 aromatic rings. The lowest BCUT2D eigenvalue weighted by Crippen LogP contribution is -2.51. The highest BCUT2D eigenvalue weighted by atomic mass is 19.1. The van der Waals surface area contributed by atoms with Crippen LogP contribution in [0.3, 0.4) is 0 Å². The van der Waals surface area contributed by atoms with Gasteiger partial charge in [0, 0.05) is 13.1 Å². The van der Waals surface area contributed by atoms with Crippen molar-refractivity contribution >= 4 is 5.91 Å². The van der Waals surface area contributed by atoms with E-state index in [1.807, 2.05) is 0 Å². The number of piperidine rings is 1. The maximum Gasteiger partial charge on any atom is 0.266 e. The van der Waals surface area contributed by atoms with Gasteiger partial charge in [-0.05, 0) is 51.0 Å². The lowest BCUT2D eigenvalue weighted by Gasteiger charge is -2.35. The average Bonchev–Trinajstić information content (AvgIpc) is 2.41. The Morgan fingerprint density at radius 1 is 1.30 bits per heavy atom. The molecule has 1 aromatic carbocycles. The van der Waals surface area contributed by atoms with Crippen molar-refractivity contribution in [2.75, 3.05) is 13.1 Å². The lowest BCUT2D eigenvalue weighted by molar-refractivity contribution is -0.147. The number of hydrogen-bond acceptors (Lipinski definition) is 3. The van der Waals surface area contributed by atoms with E-state index in [1.54, 1.807) is 18.7 Å². The molecule has 1 heterocycles. The van der Waals surface area contributed by atoms with Crippen LogP contribution in [0.2, 0.25) is 0 Å². The Kier molecular flexibility index (Phi) is 4.28. The van der Waals surface area contributed by atoms with E-state index >= 15 is 0 Å². The van der Waals surface area contributed by atoms with E-state index in [2.05, 4.69) is 0 Å². The minimum atomic E-state index is -1.01. The maximum absolute atomic E-state index is 12.9. The molecule has 0 spiro atoms. The second-order valence-corrected chi connectivity index (χ2v) is 5.59. The normalized spacial score (nSPS) is 17.1. The molecule has 110 valence electrons. The maximum atomic E-state index is 12.9. The number of aliphatic hydroxyl groups is 1. The highest BCUT2D eigenvalue weighted by molar-refractivity contribution is 5.84. The van der Waals surface area contributed by atoms with Gasteiger partial charge in [-0.1, -0.05) is 0 Å². The van der Waals surface area contributed by atoms with Gasteiger partial charge in [-0.25, -0.2) is 4.39 Å². The van der Waals surface area contributed by atoms with Crippen LogP contribution in [0, 0.1) is 5.82 Å². The second kappa shape index (κ2) is 5.79. The molecule has 1 aliphatic heterocycles. The Morgan fingerprint density at radius 3 is 2.40 bits per heavy atom. The Morgan fingerprint density at radius 2 is 1.85 bits per heavy atom. The van der Waals surface area contributed by atoms with Crippen LogP contribution in [-0.4, -0.2) is 40.7 Å². The quantitative estimate of drug-likeness (QED) is 0.921. The van der Waals surface area contributed by atoms with Gasteiger partial charge in [-0.3, -0.25) is 4.79 Å². The fourth-order valence-corrected chi connectivity index (χ4v) is 2.29. The number of hydrogen-bond donors (Lipinski definition) is 1. The first-order valence-electron chi connectivity index (χ1n) is 6.80. The third-order valence-corrected chi connectivity index (χ3v) is 3.45. The zero-order valence-corrected chi connectivity index (χ0v) is 11.8. The highest BCUT2D eigenvalue weighted by Gasteiger charge is 2.35. The first kappa shape index (κ1) is 14.8. The molecule has 0 unspecified atom stereocenters. The van der Waals surface area contributed by atoms with E-state index in [0.29, 0.717) is 31.7 Å². The van der Waals surface area contributed by atoms with E-state index < -0.39 is 5.60 Å². The van der Waals surface area contributed by atoms with Gasteiger partial charge >= 0.3 is 0 Å². The van der Waals surface area contributed by atoms with Gasteiger partial charge in [0.1, 0.15) is 11.6 Å². The van der Waals surface area contributed by atoms with Gasteiger partial charge < -0.3 is 14.7 Å². The number of benzene rings is 1. The number of ether oxygens (including phenoxy) is 1. The highest BCUT2D eigenvalue weighted by Crippen LogP contribution is 2.22. The molecule has 0 bridgehead atoms. The monoisotopic (exact) mass is 281 g/mol. The van der Waals surface area contributed by atoms with Crippen molar-refractivity contribution in [1.29, 1.82) is 0 Å². The molecule has 1 saturated heterocycles. The van der Waals surface area contributed by atoms with Crippen LogP contribution in [0.5, 0.6) is 5.75 Å². The predicted molar refractivity (Wildman–Crippen MR) is 72.9 cm³/mol. The predicted octanol–water partition coefficient (Wildman–Crippen LogP) is 1.97. The van der Waals surface area contributed by atoms with Crippen molar-refractivity contribution in [2.24, 2.45) is 0 Å². The average molecular weight is 281 g/mol. The van der Waals surface area contributed by atoms with Crippen molar-refractivity contribution in [3.8, 4) is 5.75 Å². The molecule has 1 N–H and O–H groups in total. The molecule has 4 nitrogen and oxygen atoms in total. The largest absolute Gasteiger partial charge is 0.478 e. The van der Waals surface area contributed by atoms with Crippen LogP contribution >= 0.6 is 0 Å². The van der Waals surface area contributed by atoms with Gasteiger partial charge in [-0.2, -0.15) is 0 Å². The van der Waals surface area contributed by atoms with Crippen LogP contribution in [-0.2, 0) is 4.79 Å². The third-order valence-electron chi connectivity index (χ3n) is 3.45. The molecule has 5 heteroatoms. The number of nitrogens with zero attached hydrogens (tertiary/aromatic N) is 1. The zero-order valence-electron chi connectivity index (χ0n) is 11.8. The fraction of sp³-hybridized carbons (Fsp3) is 0.533. The fourth-order valence-electron chi connectivity index (χ4n) is 2.29. The molecule has 0 radical (unpaired) electrons. The van der Waals surface area contributed by atoms with Crippen LogP contribution in [0.4, 0.5) is 4.39 Å². The van der Waals surface area contributed by atoms with Gasteiger partial charge in [0.2, 0.25) is 0 Å². The standard InChI is InChI=1S/C15H20FNO3/c1-15(2,20-13-5-3-11(16)4-6-13)14(19)17-9-7-12(18)8-10-17/h3-6,12,18H,7-10H2,1-2H3. The summed E-state index contributed by atoms with van der Waals surface area (Å²) in [6.45, 7) is 4.47. The van der Waals surface area contributed by atoms with E-state index in [0.717, 1.165) is 0 Å². The van der Waals surface area contributed by atoms with Gasteiger partial charge in [0.15, 0.2) is 5.60 Å². The first-order chi connectivity index (χ1) is 9.38. The molecular formula is C15H20FNO3. The van der Waals surface area contributed by atoms with Crippen molar-refractivity contribution in [3.63, 3.8) is 0 Å². The first-order valence-corrected chi connectivity index (χ1v) is 6.80. The van der Waals surface area contributed by atoms with Crippen LogP contribution in [0.1, 0.15) is 26.7 Å². The molecule has 1 aliphatic rings. The van der Waals surface area contributed by atoms with Gasteiger partial charge in [0.05, 0.1) is 6.10 Å². The SMILES string of the molecule is CC(C)(Oc1ccc(F)cc1)C(=O)N1CCC(O)CC1. The summed E-state index contributed by atoms with van der Waals surface area (Å²) in [6.07, 6.45) is 0.872. The molecule has 0 aromatic heterocycles. The number of rotatable bonds is 3. The second-order valence-electron chi connectivity index (χ2n) is 5.59. The molecule has 0 aliphatic carbocycles. The van der Waals surface area contributed by atoms with Crippen molar-refractivity contribution in [3.05, 3.63) is 30.1 Å². The Hall–Kier alpha value is -1.62. The summed E-state index contributed by atoms with van der Waals surface area (Å²) in [6, 6.07) is 5.61. The van der Waals surface area contributed by atoms with Gasteiger partial charge in [0.25, 0.3) is 5.91 Å². The molecule has 1 amide bonds. The molecule has 2 rings (SSSR count). The van der Waals surface area contributed by atoms with E-state index in [9.17, 15) is 14.3 Å². The van der Waals surface area contributed by atoms with Crippen LogP contribution in [0.15, 0.2) is 24.3 Å². The Labute approximate surface area is 118 Å². The number of likely N-dealkylation sites (tertiary alicyclic amines) is 1. The Balaban J connectivity index is 2.01. The number of carbonyl (C=O) groups is 1. The van der Waals surface area contributed by atoms with E-state index in [4.69, 9.17) is 4.74 Å². The molecule has 1 fully saturated rings. The van der Waals surface area contributed by atoms with Crippen LogP contribution in [0.25, 0.3) is 0 Å². The lowest BCUT2D eigenvalue weighted by atomic mass is 10.0. The smallest absolute Gasteiger partial charge is 0.266 e. The molecular weight excluding hydrogens is 261 g/mol. The Bertz CT molecular complexity index is 465. The summed E-state index contributed by atoms with van der Waals surface area (Å²) >= 11 is 0. The molecule has 20 heavy (non-hydrogen) atoms. The van der Waals surface area contributed by atoms with Crippen molar-refractivity contribution in [2.45, 2.75) is 38.4 Å². The third kappa shape index (κ3) is 3.48. The molecule has 0 saturated carbocycles. The van der Waals surface area contributed by atoms with Crippen molar-refractivity contribution < 1.29 is 19.0 Å². The minimum Gasteiger partial charge on any atom is -0.478 e. The summed E-state index contributed by atoms with van der Waals surface area (Å²) in [4.78, 5) is 14.1. The van der Waals surface area contributed by atoms with Gasteiger partial charge in [-0.15, -0.1) is 0 Å². The topological polar surface area (TPSA) is 49.8 Å². The van der Waals surface area contributed by atoms with E-state index in [1.165, 1.54) is 24.3 Å². The summed E-state index contributed by atoms with van der Waals surface area (Å²) < 4.78 is 18.5. The summed E-state index contributed by atoms with van der Waals surface area (Å²) in [5.41, 5.74) is -1.01. The number of halogens is 1. The number of carbonyl (C=O) groups excluding carboxylic acids is 1. The minimum absolute atomic E-state index is 0.117.